The second kappa shape index (κ2) is 8.57. The van der Waals surface area contributed by atoms with Crippen LogP contribution in [-0.2, 0) is 11.8 Å². The van der Waals surface area contributed by atoms with Crippen LogP contribution in [0.3, 0.4) is 0 Å². The number of thiophene rings is 2. The van der Waals surface area contributed by atoms with Crippen LogP contribution in [0.25, 0.3) is 41.5 Å². The van der Waals surface area contributed by atoms with Gasteiger partial charge in [-0.15, -0.1) is 22.7 Å². The van der Waals surface area contributed by atoms with Crippen molar-refractivity contribution in [3.8, 4) is 11.3 Å². The number of fused-ring (bicyclic) bond motifs is 4. The average molecular weight is 488 g/mol. The molecule has 0 N–H and O–H groups in total. The Balaban J connectivity index is 1.71. The summed E-state index contributed by atoms with van der Waals surface area (Å²) in [6.45, 7) is 15.3. The lowest BCUT2D eigenvalue weighted by Crippen LogP contribution is -2.12. The van der Waals surface area contributed by atoms with E-state index in [1.807, 2.05) is 34.3 Å². The van der Waals surface area contributed by atoms with E-state index in [0.29, 0.717) is 5.92 Å². The summed E-state index contributed by atoms with van der Waals surface area (Å²) in [7, 11) is 0. The van der Waals surface area contributed by atoms with E-state index in [1.54, 1.807) is 11.8 Å². The van der Waals surface area contributed by atoms with Gasteiger partial charge in [0.25, 0.3) is 0 Å². The highest BCUT2D eigenvalue weighted by atomic mass is 32.2. The van der Waals surface area contributed by atoms with Gasteiger partial charge >= 0.3 is 0 Å². The van der Waals surface area contributed by atoms with Gasteiger partial charge in [-0.05, 0) is 75.4 Å². The number of hydrogen-bond donors (Lipinski definition) is 0. The van der Waals surface area contributed by atoms with E-state index in [4.69, 9.17) is 4.98 Å². The molecule has 0 atom stereocenters. The molecule has 0 unspecified atom stereocenters. The molecular formula is C29H29NS3. The summed E-state index contributed by atoms with van der Waals surface area (Å²) in [5.41, 5.74) is 5.14. The molecule has 1 nitrogen and oxygen atoms in total. The van der Waals surface area contributed by atoms with Crippen LogP contribution in [0.15, 0.2) is 64.9 Å². The number of thioether (sulfide) groups is 1. The summed E-state index contributed by atoms with van der Waals surface area (Å²) >= 11 is 5.45. The second-order valence-corrected chi connectivity index (χ2v) is 13.1. The zero-order valence-corrected chi connectivity index (χ0v) is 22.3. The summed E-state index contributed by atoms with van der Waals surface area (Å²) in [5.74, 6) is 0.663. The molecule has 3 aromatic heterocycles. The molecule has 0 saturated heterocycles. The van der Waals surface area contributed by atoms with Gasteiger partial charge in [0.05, 0.1) is 10.4 Å². The van der Waals surface area contributed by atoms with Crippen molar-refractivity contribution in [3.05, 3.63) is 71.1 Å². The predicted octanol–water partition coefficient (Wildman–Crippen LogP) is 10.1. The Bertz CT molecular complexity index is 1490. The van der Waals surface area contributed by atoms with E-state index >= 15 is 0 Å². The molecule has 0 aliphatic heterocycles. The van der Waals surface area contributed by atoms with Crippen LogP contribution in [0.1, 0.15) is 45.7 Å². The molecule has 0 fully saturated rings. The minimum Gasteiger partial charge on any atom is -0.255 e. The van der Waals surface area contributed by atoms with Crippen molar-refractivity contribution in [2.45, 2.75) is 51.3 Å². The molecule has 0 aliphatic carbocycles. The van der Waals surface area contributed by atoms with Gasteiger partial charge in [0.15, 0.2) is 0 Å². The highest BCUT2D eigenvalue weighted by molar-refractivity contribution is 8.02. The lowest BCUT2D eigenvalue weighted by Gasteiger charge is -2.23. The van der Waals surface area contributed by atoms with Gasteiger partial charge in [0, 0.05) is 36.8 Å². The van der Waals surface area contributed by atoms with Gasteiger partial charge in [-0.2, -0.15) is 0 Å². The highest BCUT2D eigenvalue weighted by Gasteiger charge is 2.21. The lowest BCUT2D eigenvalue weighted by molar-refractivity contribution is 0.578. The van der Waals surface area contributed by atoms with E-state index in [0.717, 1.165) is 12.1 Å². The van der Waals surface area contributed by atoms with E-state index in [-0.39, 0.29) is 5.41 Å². The maximum Gasteiger partial charge on any atom is 0.0880 e. The molecule has 0 bridgehead atoms. The fourth-order valence-corrected chi connectivity index (χ4v) is 7.58. The van der Waals surface area contributed by atoms with Gasteiger partial charge in [-0.1, -0.05) is 59.0 Å². The third kappa shape index (κ3) is 4.14. The number of aromatic nitrogens is 1. The maximum absolute atomic E-state index is 4.87. The van der Waals surface area contributed by atoms with Gasteiger partial charge < -0.3 is 0 Å². The monoisotopic (exact) mass is 487 g/mol. The highest BCUT2D eigenvalue weighted by Crippen LogP contribution is 2.43. The van der Waals surface area contributed by atoms with E-state index in [9.17, 15) is 0 Å². The summed E-state index contributed by atoms with van der Waals surface area (Å²) in [6, 6.07) is 13.8. The van der Waals surface area contributed by atoms with Crippen LogP contribution in [-0.4, -0.2) is 4.98 Å². The van der Waals surface area contributed by atoms with Crippen molar-refractivity contribution >= 4 is 64.7 Å². The van der Waals surface area contributed by atoms with Crippen LogP contribution in [0, 0.1) is 5.92 Å². The van der Waals surface area contributed by atoms with Gasteiger partial charge in [0.1, 0.15) is 0 Å². The Morgan fingerprint density at radius 2 is 1.82 bits per heavy atom. The normalized spacial score (nSPS) is 12.4. The van der Waals surface area contributed by atoms with Crippen LogP contribution in [0.5, 0.6) is 0 Å². The molecule has 0 amide bonds. The Kier molecular flexibility index (Phi) is 5.88. The largest absolute Gasteiger partial charge is 0.255 e. The number of benzene rings is 2. The smallest absolute Gasteiger partial charge is 0.0880 e. The minimum absolute atomic E-state index is 0.0482. The van der Waals surface area contributed by atoms with Crippen LogP contribution < -0.4 is 0 Å². The molecule has 168 valence electrons. The standard InChI is InChI=1S/C29H29NS3/c1-7-31-24-9-8-18(13-23(24)29(4,5)6)27-28-20(10-11-30-27)22-15-25-21(14-26(22)33-28)19(16-32-25)12-17(2)3/h7-11,13-17H,1,12H2,2-6H3. The quantitative estimate of drug-likeness (QED) is 0.229. The predicted molar refractivity (Wildman–Crippen MR) is 151 cm³/mol. The molecule has 0 radical (unpaired) electrons. The van der Waals surface area contributed by atoms with Crippen molar-refractivity contribution in [2.24, 2.45) is 5.92 Å². The maximum atomic E-state index is 4.87. The number of rotatable bonds is 5. The molecule has 3 heterocycles. The summed E-state index contributed by atoms with van der Waals surface area (Å²) < 4.78 is 4.02. The van der Waals surface area contributed by atoms with Crippen LogP contribution in [0.2, 0.25) is 0 Å². The van der Waals surface area contributed by atoms with Crippen LogP contribution >= 0.6 is 34.4 Å². The van der Waals surface area contributed by atoms with E-state index < -0.39 is 0 Å². The fourth-order valence-electron chi connectivity index (χ4n) is 4.53. The Labute approximate surface area is 208 Å². The lowest BCUT2D eigenvalue weighted by atomic mass is 9.85. The molecule has 2 aromatic carbocycles. The minimum atomic E-state index is 0.0482. The molecule has 5 aromatic rings. The van der Waals surface area contributed by atoms with Crippen molar-refractivity contribution in [3.63, 3.8) is 0 Å². The second-order valence-electron chi connectivity index (χ2n) is 10.1. The number of pyridine rings is 1. The zero-order valence-electron chi connectivity index (χ0n) is 19.9. The summed E-state index contributed by atoms with van der Waals surface area (Å²) in [4.78, 5) is 6.14. The Morgan fingerprint density at radius 1 is 1.03 bits per heavy atom. The summed E-state index contributed by atoms with van der Waals surface area (Å²) in [6.07, 6.45) is 3.10. The zero-order chi connectivity index (χ0) is 23.3. The van der Waals surface area contributed by atoms with Gasteiger partial charge in [-0.3, -0.25) is 4.98 Å². The number of hydrogen-bond acceptors (Lipinski definition) is 4. The van der Waals surface area contributed by atoms with Crippen molar-refractivity contribution in [1.29, 1.82) is 0 Å². The summed E-state index contributed by atoms with van der Waals surface area (Å²) in [5, 5.41) is 8.33. The third-order valence-corrected chi connectivity index (χ3v) is 9.01. The average Bonchev–Trinajstić information content (AvgIpc) is 3.32. The molecule has 5 rings (SSSR count). The Hall–Kier alpha value is -2.14. The van der Waals surface area contributed by atoms with E-state index in [2.05, 4.69) is 83.0 Å². The molecule has 0 spiro atoms. The van der Waals surface area contributed by atoms with Gasteiger partial charge in [0.2, 0.25) is 0 Å². The first-order chi connectivity index (χ1) is 15.8. The third-order valence-electron chi connectivity index (χ3n) is 6.06. The molecule has 0 saturated carbocycles. The first kappa shape index (κ1) is 22.6. The molecule has 33 heavy (non-hydrogen) atoms. The first-order valence-corrected chi connectivity index (χ1v) is 14.0. The van der Waals surface area contributed by atoms with Crippen molar-refractivity contribution in [2.75, 3.05) is 0 Å². The fraction of sp³-hybridized carbons (Fsp3) is 0.276. The van der Waals surface area contributed by atoms with Crippen molar-refractivity contribution in [1.82, 2.24) is 4.98 Å². The molecular weight excluding hydrogens is 459 g/mol. The Morgan fingerprint density at radius 3 is 2.55 bits per heavy atom. The van der Waals surface area contributed by atoms with E-state index in [1.165, 1.54) is 51.8 Å². The van der Waals surface area contributed by atoms with Crippen LogP contribution in [0.4, 0.5) is 0 Å². The molecule has 4 heteroatoms. The van der Waals surface area contributed by atoms with Gasteiger partial charge in [-0.25, -0.2) is 0 Å². The SMILES string of the molecule is C=CSc1ccc(-c2nccc3c2sc2cc4c(CC(C)C)csc4cc23)cc1C(C)(C)C. The first-order valence-electron chi connectivity index (χ1n) is 11.4. The topological polar surface area (TPSA) is 12.9 Å². The van der Waals surface area contributed by atoms with Crippen molar-refractivity contribution < 1.29 is 0 Å². The molecule has 0 aliphatic rings. The number of nitrogens with zero attached hydrogens (tertiary/aromatic N) is 1.